The highest BCUT2D eigenvalue weighted by atomic mass is 35.5. The molecule has 13 heteroatoms. The van der Waals surface area contributed by atoms with E-state index in [0.717, 1.165) is 0 Å². The standard InChI is InChI=1S/C26H27ClFN3O8/c1-30-13-26(8-14(9-26)12-38-2)31-11-16(24(36)29-10-15-4-3-5-17(27)20(15)28)22(35)23(21(31)25(30)37)39-19(34)7-6-18(32)33/h3-7,11,14,24,29,36H,8-10,12-13H2,1-2H3,(H,32,33)/b7-6+/t14-,24?,26+. The first-order chi connectivity index (χ1) is 18.5. The van der Waals surface area contributed by atoms with Crippen LogP contribution in [0.4, 0.5) is 4.39 Å². The molecule has 3 N–H and O–H groups in total. The van der Waals surface area contributed by atoms with Crippen LogP contribution < -0.4 is 15.5 Å². The van der Waals surface area contributed by atoms with Gasteiger partial charge in [-0.1, -0.05) is 23.7 Å². The summed E-state index contributed by atoms with van der Waals surface area (Å²) in [5.74, 6) is -4.36. The topological polar surface area (TPSA) is 147 Å². The van der Waals surface area contributed by atoms with Crippen LogP contribution in [0.15, 0.2) is 41.3 Å². The maximum absolute atomic E-state index is 14.4. The number of carbonyl (C=O) groups excluding carboxylic acids is 2. The van der Waals surface area contributed by atoms with Crippen LogP contribution in [0.25, 0.3) is 0 Å². The number of benzene rings is 1. The summed E-state index contributed by atoms with van der Waals surface area (Å²) in [6, 6.07) is 4.36. The molecule has 0 saturated heterocycles. The summed E-state index contributed by atoms with van der Waals surface area (Å²) < 4.78 is 26.4. The number of fused-ring (bicyclic) bond motifs is 2. The molecule has 1 aromatic carbocycles. The Morgan fingerprint density at radius 2 is 2.03 bits per heavy atom. The molecule has 208 valence electrons. The molecule has 1 amide bonds. The molecule has 1 atom stereocenters. The lowest BCUT2D eigenvalue weighted by atomic mass is 9.67. The Balaban J connectivity index is 1.78. The molecule has 39 heavy (non-hydrogen) atoms. The third kappa shape index (κ3) is 5.59. The van der Waals surface area contributed by atoms with E-state index < -0.39 is 46.6 Å². The molecule has 1 spiro atoms. The van der Waals surface area contributed by atoms with Crippen molar-refractivity contribution in [2.24, 2.45) is 5.92 Å². The number of hydrogen-bond donors (Lipinski definition) is 3. The number of pyridine rings is 1. The van der Waals surface area contributed by atoms with Crippen LogP contribution in [0.2, 0.25) is 5.02 Å². The number of aliphatic carboxylic acids is 1. The van der Waals surface area contributed by atoms with Gasteiger partial charge in [-0.3, -0.25) is 14.9 Å². The number of halogens is 2. The first-order valence-corrected chi connectivity index (χ1v) is 12.4. The first-order valence-electron chi connectivity index (χ1n) is 12.0. The van der Waals surface area contributed by atoms with Crippen molar-refractivity contribution in [2.75, 3.05) is 27.3 Å². The zero-order valence-electron chi connectivity index (χ0n) is 21.1. The third-order valence-corrected chi connectivity index (χ3v) is 7.19. The fourth-order valence-electron chi connectivity index (χ4n) is 5.21. The summed E-state index contributed by atoms with van der Waals surface area (Å²) in [5, 5.41) is 22.3. The second-order valence-electron chi connectivity index (χ2n) is 9.67. The van der Waals surface area contributed by atoms with Crippen molar-refractivity contribution in [3.63, 3.8) is 0 Å². The van der Waals surface area contributed by atoms with Crippen LogP contribution in [0.1, 0.15) is 40.7 Å². The third-order valence-electron chi connectivity index (χ3n) is 6.90. The number of carbonyl (C=O) groups is 3. The second-order valence-corrected chi connectivity index (χ2v) is 10.1. The van der Waals surface area contributed by atoms with Crippen molar-refractivity contribution in [1.29, 1.82) is 0 Å². The van der Waals surface area contributed by atoms with Gasteiger partial charge in [0.15, 0.2) is 5.69 Å². The number of hydrogen-bond acceptors (Lipinski definition) is 8. The molecule has 2 aliphatic rings. The van der Waals surface area contributed by atoms with E-state index in [1.165, 1.54) is 29.3 Å². The maximum Gasteiger partial charge on any atom is 0.336 e. The number of aromatic nitrogens is 1. The minimum atomic E-state index is -1.65. The fourth-order valence-corrected chi connectivity index (χ4v) is 5.41. The van der Waals surface area contributed by atoms with Gasteiger partial charge in [0.25, 0.3) is 5.91 Å². The Bertz CT molecular complexity index is 1400. The van der Waals surface area contributed by atoms with Crippen molar-refractivity contribution in [1.82, 2.24) is 14.8 Å². The van der Waals surface area contributed by atoms with E-state index in [0.29, 0.717) is 38.1 Å². The molecule has 1 aliphatic carbocycles. The van der Waals surface area contributed by atoms with Gasteiger partial charge in [0.05, 0.1) is 16.1 Å². The number of esters is 1. The normalized spacial score (nSPS) is 21.1. The molecule has 1 aliphatic heterocycles. The van der Waals surface area contributed by atoms with E-state index in [9.17, 15) is 28.7 Å². The van der Waals surface area contributed by atoms with Crippen LogP contribution >= 0.6 is 11.6 Å². The van der Waals surface area contributed by atoms with Crippen LogP contribution in [-0.2, 0) is 26.4 Å². The highest BCUT2D eigenvalue weighted by Crippen LogP contribution is 2.48. The predicted octanol–water partition coefficient (Wildman–Crippen LogP) is 1.81. The number of nitrogens with one attached hydrogen (secondary N) is 1. The minimum Gasteiger partial charge on any atom is -0.478 e. The van der Waals surface area contributed by atoms with Gasteiger partial charge in [0.2, 0.25) is 11.2 Å². The van der Waals surface area contributed by atoms with E-state index in [-0.39, 0.29) is 34.3 Å². The number of carboxylic acids is 1. The molecule has 0 bridgehead atoms. The minimum absolute atomic E-state index is 0.110. The molecule has 1 saturated carbocycles. The van der Waals surface area contributed by atoms with Gasteiger partial charge in [0, 0.05) is 57.8 Å². The Kier molecular flexibility index (Phi) is 8.21. The highest BCUT2D eigenvalue weighted by molar-refractivity contribution is 6.30. The number of amides is 1. The Morgan fingerprint density at radius 3 is 2.69 bits per heavy atom. The largest absolute Gasteiger partial charge is 0.478 e. The van der Waals surface area contributed by atoms with Crippen molar-refractivity contribution in [3.05, 3.63) is 74.4 Å². The lowest BCUT2D eigenvalue weighted by Crippen LogP contribution is -2.60. The summed E-state index contributed by atoms with van der Waals surface area (Å²) in [7, 11) is 3.14. The number of methoxy groups -OCH3 is 1. The van der Waals surface area contributed by atoms with E-state index >= 15 is 0 Å². The van der Waals surface area contributed by atoms with Crippen molar-refractivity contribution in [3.8, 4) is 5.75 Å². The number of rotatable bonds is 9. The summed E-state index contributed by atoms with van der Waals surface area (Å²) in [6.07, 6.45) is 1.99. The lowest BCUT2D eigenvalue weighted by Gasteiger charge is -2.54. The molecule has 0 radical (unpaired) electrons. The molecule has 11 nitrogen and oxygen atoms in total. The molecular weight excluding hydrogens is 537 g/mol. The zero-order valence-corrected chi connectivity index (χ0v) is 21.9. The molecule has 2 aromatic rings. The van der Waals surface area contributed by atoms with Gasteiger partial charge in [0.1, 0.15) is 12.0 Å². The van der Waals surface area contributed by atoms with Crippen molar-refractivity contribution >= 4 is 29.4 Å². The Morgan fingerprint density at radius 1 is 1.31 bits per heavy atom. The summed E-state index contributed by atoms with van der Waals surface area (Å²) in [4.78, 5) is 51.4. The number of carboxylic acid groups (broad SMARTS) is 1. The number of nitrogens with zero attached hydrogens (tertiary/aromatic N) is 2. The molecule has 2 heterocycles. The van der Waals surface area contributed by atoms with Crippen LogP contribution in [0.5, 0.6) is 5.75 Å². The molecule has 4 rings (SSSR count). The van der Waals surface area contributed by atoms with Crippen LogP contribution in [0.3, 0.4) is 0 Å². The molecule has 1 unspecified atom stereocenters. The lowest BCUT2D eigenvalue weighted by molar-refractivity contribution is -0.133. The molecular formula is C26H27ClFN3O8. The second kappa shape index (κ2) is 11.3. The summed E-state index contributed by atoms with van der Waals surface area (Å²) in [5.41, 5.74) is -1.94. The summed E-state index contributed by atoms with van der Waals surface area (Å²) >= 11 is 5.82. The highest BCUT2D eigenvalue weighted by Gasteiger charge is 2.52. The quantitative estimate of drug-likeness (QED) is 0.236. The van der Waals surface area contributed by atoms with Gasteiger partial charge >= 0.3 is 11.9 Å². The predicted molar refractivity (Wildman–Crippen MR) is 136 cm³/mol. The van der Waals surface area contributed by atoms with E-state index in [2.05, 4.69) is 5.32 Å². The van der Waals surface area contributed by atoms with Crippen LogP contribution in [-0.4, -0.2) is 64.8 Å². The maximum atomic E-state index is 14.4. The van der Waals surface area contributed by atoms with Gasteiger partial charge in [-0.15, -0.1) is 0 Å². The zero-order chi connectivity index (χ0) is 28.5. The van der Waals surface area contributed by atoms with E-state index in [1.54, 1.807) is 18.7 Å². The van der Waals surface area contributed by atoms with Crippen molar-refractivity contribution < 1.29 is 38.5 Å². The Labute approximate surface area is 227 Å². The number of ether oxygens (including phenoxy) is 2. The summed E-state index contributed by atoms with van der Waals surface area (Å²) in [6.45, 7) is 0.581. The monoisotopic (exact) mass is 563 g/mol. The van der Waals surface area contributed by atoms with Gasteiger partial charge in [-0.05, 0) is 24.8 Å². The van der Waals surface area contributed by atoms with Crippen molar-refractivity contribution in [2.45, 2.75) is 31.2 Å². The Hall–Kier alpha value is -3.58. The number of aliphatic hydroxyl groups is 1. The van der Waals surface area contributed by atoms with Gasteiger partial charge < -0.3 is 29.2 Å². The number of aliphatic hydroxyl groups excluding tert-OH is 1. The van der Waals surface area contributed by atoms with E-state index in [4.69, 9.17) is 26.2 Å². The molecule has 1 fully saturated rings. The average Bonchev–Trinajstić information content (AvgIpc) is 2.86. The average molecular weight is 564 g/mol. The smallest absolute Gasteiger partial charge is 0.336 e. The fraction of sp³-hybridized carbons (Fsp3) is 0.385. The van der Waals surface area contributed by atoms with Crippen LogP contribution in [0, 0.1) is 11.7 Å². The number of likely N-dealkylation sites (N-methyl/N-ethyl adjacent to an activating group) is 1. The molecule has 1 aromatic heterocycles. The van der Waals surface area contributed by atoms with Gasteiger partial charge in [-0.25, -0.2) is 14.0 Å². The SMILES string of the molecule is COC[C@H]1C[C@]2(CN(C)C(=O)c3c(OC(=O)/C=C/C(=O)O)c(=O)c(C(O)NCc4cccc(Cl)c4F)cn32)C1. The van der Waals surface area contributed by atoms with Gasteiger partial charge in [-0.2, -0.15) is 0 Å². The van der Waals surface area contributed by atoms with E-state index in [1.807, 2.05) is 0 Å². The first kappa shape index (κ1) is 28.4.